The first kappa shape index (κ1) is 14.4. The summed E-state index contributed by atoms with van der Waals surface area (Å²) in [4.78, 5) is 0. The Morgan fingerprint density at radius 3 is 2.48 bits per heavy atom. The zero-order chi connectivity index (χ0) is 14.8. The van der Waals surface area contributed by atoms with Crippen LogP contribution in [0.4, 0.5) is 5.69 Å². The Hall–Kier alpha value is -1.51. The van der Waals surface area contributed by atoms with Crippen LogP contribution in [-0.2, 0) is 0 Å². The molecule has 0 fully saturated rings. The van der Waals surface area contributed by atoms with Gasteiger partial charge in [0.2, 0.25) is 0 Å². The number of nitrogens with one attached hydrogen (secondary N) is 1. The second-order valence-electron chi connectivity index (χ2n) is 5.09. The molecule has 3 aromatic carbocycles. The van der Waals surface area contributed by atoms with Crippen molar-refractivity contribution in [2.24, 2.45) is 0 Å². The lowest BCUT2D eigenvalue weighted by molar-refractivity contribution is 0.885. The summed E-state index contributed by atoms with van der Waals surface area (Å²) >= 11 is 9.75. The fourth-order valence-electron chi connectivity index (χ4n) is 2.46. The fraction of sp³-hybridized carbons (Fsp3) is 0.111. The van der Waals surface area contributed by atoms with Crippen LogP contribution in [0.3, 0.4) is 0 Å². The van der Waals surface area contributed by atoms with Crippen LogP contribution >= 0.6 is 27.5 Å². The molecule has 21 heavy (non-hydrogen) atoms. The molecule has 0 aliphatic rings. The van der Waals surface area contributed by atoms with Gasteiger partial charge in [-0.1, -0.05) is 63.9 Å². The second-order valence-corrected chi connectivity index (χ2v) is 6.42. The number of rotatable bonds is 3. The van der Waals surface area contributed by atoms with E-state index in [4.69, 9.17) is 11.6 Å². The third kappa shape index (κ3) is 3.22. The van der Waals surface area contributed by atoms with Crippen molar-refractivity contribution in [3.63, 3.8) is 0 Å². The van der Waals surface area contributed by atoms with Crippen LogP contribution in [0.15, 0.2) is 65.1 Å². The van der Waals surface area contributed by atoms with Crippen molar-refractivity contribution >= 4 is 44.0 Å². The number of fused-ring (bicyclic) bond motifs is 1. The Labute approximate surface area is 138 Å². The lowest BCUT2D eigenvalue weighted by Gasteiger charge is -2.17. The van der Waals surface area contributed by atoms with Gasteiger partial charge in [0.1, 0.15) is 0 Å². The van der Waals surface area contributed by atoms with E-state index in [1.807, 2.05) is 18.2 Å². The molecule has 0 spiro atoms. The zero-order valence-electron chi connectivity index (χ0n) is 11.6. The van der Waals surface area contributed by atoms with E-state index in [2.05, 4.69) is 70.6 Å². The Bertz CT molecular complexity index is 785. The topological polar surface area (TPSA) is 12.0 Å². The summed E-state index contributed by atoms with van der Waals surface area (Å²) in [6.45, 7) is 2.12. The molecule has 0 aliphatic carbocycles. The van der Waals surface area contributed by atoms with Crippen molar-refractivity contribution in [1.82, 2.24) is 0 Å². The number of benzene rings is 3. The predicted octanol–water partition coefficient (Wildman–Crippen LogP) is 6.43. The van der Waals surface area contributed by atoms with Gasteiger partial charge in [-0.25, -0.2) is 0 Å². The third-order valence-electron chi connectivity index (χ3n) is 3.56. The molecule has 3 rings (SSSR count). The minimum absolute atomic E-state index is 0.145. The zero-order valence-corrected chi connectivity index (χ0v) is 13.9. The van der Waals surface area contributed by atoms with E-state index in [0.29, 0.717) is 0 Å². The standard InChI is InChI=1S/C18H15BrClN/c1-12(17-9-7-15(19)11-18(17)20)21-16-8-6-13-4-2-3-5-14(13)10-16/h2-12,21H,1H3. The van der Waals surface area contributed by atoms with E-state index in [0.717, 1.165) is 20.7 Å². The summed E-state index contributed by atoms with van der Waals surface area (Å²) in [6, 6.07) is 20.9. The highest BCUT2D eigenvalue weighted by Gasteiger charge is 2.10. The Morgan fingerprint density at radius 2 is 1.71 bits per heavy atom. The summed E-state index contributed by atoms with van der Waals surface area (Å²) in [5.41, 5.74) is 2.19. The molecule has 0 aromatic heterocycles. The van der Waals surface area contributed by atoms with Gasteiger partial charge in [-0.05, 0) is 47.5 Å². The lowest BCUT2D eigenvalue weighted by atomic mass is 10.1. The minimum Gasteiger partial charge on any atom is -0.378 e. The molecule has 0 heterocycles. The summed E-state index contributed by atoms with van der Waals surface area (Å²) in [7, 11) is 0. The van der Waals surface area contributed by atoms with Gasteiger partial charge in [-0.3, -0.25) is 0 Å². The number of hydrogen-bond donors (Lipinski definition) is 1. The highest BCUT2D eigenvalue weighted by atomic mass is 79.9. The smallest absolute Gasteiger partial charge is 0.0500 e. The fourth-order valence-corrected chi connectivity index (χ4v) is 3.30. The first-order valence-corrected chi connectivity index (χ1v) is 8.01. The molecule has 1 atom stereocenters. The summed E-state index contributed by atoms with van der Waals surface area (Å²) in [6.07, 6.45) is 0. The van der Waals surface area contributed by atoms with Crippen molar-refractivity contribution in [2.75, 3.05) is 5.32 Å². The monoisotopic (exact) mass is 359 g/mol. The molecule has 0 bridgehead atoms. The van der Waals surface area contributed by atoms with Gasteiger partial charge in [0.05, 0.1) is 0 Å². The largest absolute Gasteiger partial charge is 0.378 e. The summed E-state index contributed by atoms with van der Waals surface area (Å²) in [5, 5.41) is 6.76. The maximum absolute atomic E-state index is 6.32. The molecule has 1 N–H and O–H groups in total. The number of anilines is 1. The van der Waals surface area contributed by atoms with Crippen LogP contribution in [0.2, 0.25) is 5.02 Å². The Morgan fingerprint density at radius 1 is 0.952 bits per heavy atom. The molecule has 0 aliphatic heterocycles. The Balaban J connectivity index is 1.87. The van der Waals surface area contributed by atoms with E-state index < -0.39 is 0 Å². The first-order valence-electron chi connectivity index (χ1n) is 6.84. The van der Waals surface area contributed by atoms with Crippen molar-refractivity contribution in [3.8, 4) is 0 Å². The normalized spacial score (nSPS) is 12.3. The van der Waals surface area contributed by atoms with Crippen LogP contribution in [0.1, 0.15) is 18.5 Å². The predicted molar refractivity (Wildman–Crippen MR) is 95.1 cm³/mol. The van der Waals surface area contributed by atoms with Crippen molar-refractivity contribution in [2.45, 2.75) is 13.0 Å². The van der Waals surface area contributed by atoms with Gasteiger partial charge in [0.15, 0.2) is 0 Å². The Kier molecular flexibility index (Phi) is 4.18. The van der Waals surface area contributed by atoms with E-state index in [1.54, 1.807) is 0 Å². The highest BCUT2D eigenvalue weighted by Crippen LogP contribution is 2.29. The summed E-state index contributed by atoms with van der Waals surface area (Å²) < 4.78 is 0.995. The quantitative estimate of drug-likeness (QED) is 0.567. The van der Waals surface area contributed by atoms with Gasteiger partial charge < -0.3 is 5.32 Å². The van der Waals surface area contributed by atoms with Gasteiger partial charge >= 0.3 is 0 Å². The molecule has 106 valence electrons. The van der Waals surface area contributed by atoms with Gasteiger partial charge in [0, 0.05) is 21.2 Å². The highest BCUT2D eigenvalue weighted by molar-refractivity contribution is 9.10. The molecule has 1 unspecified atom stereocenters. The molecule has 3 aromatic rings. The van der Waals surface area contributed by atoms with Crippen molar-refractivity contribution in [1.29, 1.82) is 0 Å². The number of halogens is 2. The number of hydrogen-bond acceptors (Lipinski definition) is 1. The van der Waals surface area contributed by atoms with Crippen LogP contribution in [0.25, 0.3) is 10.8 Å². The maximum atomic E-state index is 6.32. The molecule has 3 heteroatoms. The third-order valence-corrected chi connectivity index (χ3v) is 4.38. The molecule has 0 saturated heterocycles. The SMILES string of the molecule is CC(Nc1ccc2ccccc2c1)c1ccc(Br)cc1Cl. The average molecular weight is 361 g/mol. The van der Waals surface area contributed by atoms with Crippen LogP contribution in [0.5, 0.6) is 0 Å². The molecule has 0 radical (unpaired) electrons. The molecular weight excluding hydrogens is 346 g/mol. The van der Waals surface area contributed by atoms with Crippen molar-refractivity contribution < 1.29 is 0 Å². The molecule has 1 nitrogen and oxygen atoms in total. The van der Waals surface area contributed by atoms with Gasteiger partial charge in [-0.2, -0.15) is 0 Å². The molecule has 0 saturated carbocycles. The first-order chi connectivity index (χ1) is 10.1. The van der Waals surface area contributed by atoms with Gasteiger partial charge in [-0.15, -0.1) is 0 Å². The molecule has 0 amide bonds. The average Bonchev–Trinajstić information content (AvgIpc) is 2.47. The van der Waals surface area contributed by atoms with E-state index >= 15 is 0 Å². The van der Waals surface area contributed by atoms with Crippen LogP contribution in [-0.4, -0.2) is 0 Å². The van der Waals surface area contributed by atoms with E-state index in [-0.39, 0.29) is 6.04 Å². The van der Waals surface area contributed by atoms with Crippen molar-refractivity contribution in [3.05, 3.63) is 75.7 Å². The lowest BCUT2D eigenvalue weighted by Crippen LogP contribution is -2.07. The van der Waals surface area contributed by atoms with Gasteiger partial charge in [0.25, 0.3) is 0 Å². The maximum Gasteiger partial charge on any atom is 0.0500 e. The van der Waals surface area contributed by atoms with Crippen LogP contribution < -0.4 is 5.32 Å². The molecular formula is C18H15BrClN. The van der Waals surface area contributed by atoms with Crippen LogP contribution in [0, 0.1) is 0 Å². The van der Waals surface area contributed by atoms with E-state index in [9.17, 15) is 0 Å². The second kappa shape index (κ2) is 6.08. The summed E-state index contributed by atoms with van der Waals surface area (Å²) in [5.74, 6) is 0. The minimum atomic E-state index is 0.145. The van der Waals surface area contributed by atoms with E-state index in [1.165, 1.54) is 10.8 Å².